The van der Waals surface area contributed by atoms with Gasteiger partial charge < -0.3 is 19.3 Å². The Kier molecular flexibility index (Phi) is 8.53. The SMILES string of the molecule is COc1cccc(CN(C)C(=O)CN2CCCC(CN(C)C(=O)OC(C)(C)C)C2)c1. The first-order chi connectivity index (χ1) is 14.1. The normalized spacial score (nSPS) is 17.3. The number of likely N-dealkylation sites (tertiary alicyclic amines) is 1. The van der Waals surface area contributed by atoms with Gasteiger partial charge in [-0.15, -0.1) is 0 Å². The predicted molar refractivity (Wildman–Crippen MR) is 117 cm³/mol. The average molecular weight is 420 g/mol. The summed E-state index contributed by atoms with van der Waals surface area (Å²) in [7, 11) is 5.25. The lowest BCUT2D eigenvalue weighted by Gasteiger charge is -2.35. The van der Waals surface area contributed by atoms with Crippen molar-refractivity contribution < 1.29 is 19.1 Å². The van der Waals surface area contributed by atoms with Crippen LogP contribution in [-0.2, 0) is 16.1 Å². The number of hydrogen-bond donors (Lipinski definition) is 0. The zero-order chi connectivity index (χ0) is 22.3. The molecule has 0 bridgehead atoms. The van der Waals surface area contributed by atoms with E-state index in [-0.39, 0.29) is 12.0 Å². The molecule has 1 fully saturated rings. The maximum Gasteiger partial charge on any atom is 0.410 e. The van der Waals surface area contributed by atoms with Gasteiger partial charge in [-0.05, 0) is 63.8 Å². The van der Waals surface area contributed by atoms with Crippen molar-refractivity contribution in [1.82, 2.24) is 14.7 Å². The van der Waals surface area contributed by atoms with Gasteiger partial charge in [0.1, 0.15) is 11.4 Å². The summed E-state index contributed by atoms with van der Waals surface area (Å²) in [6.45, 7) is 8.91. The molecule has 0 saturated carbocycles. The Labute approximate surface area is 180 Å². The van der Waals surface area contributed by atoms with Gasteiger partial charge in [0, 0.05) is 33.7 Å². The second-order valence-electron chi connectivity index (χ2n) is 9.21. The van der Waals surface area contributed by atoms with Gasteiger partial charge in [-0.1, -0.05) is 12.1 Å². The Morgan fingerprint density at radius 3 is 2.60 bits per heavy atom. The number of ether oxygens (including phenoxy) is 2. The number of nitrogens with zero attached hydrogens (tertiary/aromatic N) is 3. The van der Waals surface area contributed by atoms with Crippen molar-refractivity contribution >= 4 is 12.0 Å². The topological polar surface area (TPSA) is 62.3 Å². The first-order valence-electron chi connectivity index (χ1n) is 10.6. The highest BCUT2D eigenvalue weighted by atomic mass is 16.6. The number of carbonyl (C=O) groups excluding carboxylic acids is 2. The Morgan fingerprint density at radius 2 is 1.93 bits per heavy atom. The van der Waals surface area contributed by atoms with Crippen molar-refractivity contribution in [1.29, 1.82) is 0 Å². The molecule has 0 N–H and O–H groups in total. The van der Waals surface area contributed by atoms with E-state index in [1.54, 1.807) is 24.0 Å². The van der Waals surface area contributed by atoms with Crippen LogP contribution in [-0.4, -0.2) is 79.7 Å². The summed E-state index contributed by atoms with van der Waals surface area (Å²) in [5.41, 5.74) is 0.546. The average Bonchev–Trinajstić information content (AvgIpc) is 2.67. The van der Waals surface area contributed by atoms with E-state index in [4.69, 9.17) is 9.47 Å². The molecule has 1 atom stereocenters. The molecule has 1 aliphatic rings. The van der Waals surface area contributed by atoms with Crippen molar-refractivity contribution in [3.8, 4) is 5.75 Å². The summed E-state index contributed by atoms with van der Waals surface area (Å²) in [5.74, 6) is 1.23. The number of amides is 2. The third kappa shape index (κ3) is 7.86. The van der Waals surface area contributed by atoms with E-state index in [0.29, 0.717) is 25.6 Å². The van der Waals surface area contributed by atoms with E-state index in [2.05, 4.69) is 4.90 Å². The van der Waals surface area contributed by atoms with Crippen LogP contribution in [0.3, 0.4) is 0 Å². The quantitative estimate of drug-likeness (QED) is 0.679. The molecule has 0 aliphatic carbocycles. The number of methoxy groups -OCH3 is 1. The number of piperidine rings is 1. The summed E-state index contributed by atoms with van der Waals surface area (Å²) < 4.78 is 10.7. The van der Waals surface area contributed by atoms with Crippen LogP contribution in [0.2, 0.25) is 0 Å². The minimum Gasteiger partial charge on any atom is -0.497 e. The molecule has 1 aliphatic heterocycles. The first kappa shape index (κ1) is 24.0. The molecule has 1 aromatic carbocycles. The van der Waals surface area contributed by atoms with E-state index in [1.165, 1.54) is 0 Å². The van der Waals surface area contributed by atoms with Gasteiger partial charge >= 0.3 is 6.09 Å². The lowest BCUT2D eigenvalue weighted by Crippen LogP contribution is -2.46. The number of hydrogen-bond acceptors (Lipinski definition) is 5. The molecule has 1 aromatic rings. The van der Waals surface area contributed by atoms with E-state index in [1.807, 2.05) is 52.1 Å². The molecule has 30 heavy (non-hydrogen) atoms. The van der Waals surface area contributed by atoms with Gasteiger partial charge in [-0.2, -0.15) is 0 Å². The number of carbonyl (C=O) groups is 2. The smallest absolute Gasteiger partial charge is 0.410 e. The minimum absolute atomic E-state index is 0.0963. The largest absolute Gasteiger partial charge is 0.497 e. The van der Waals surface area contributed by atoms with E-state index >= 15 is 0 Å². The fourth-order valence-electron chi connectivity index (χ4n) is 3.69. The maximum absolute atomic E-state index is 12.7. The molecule has 0 aromatic heterocycles. The molecule has 168 valence electrons. The molecule has 1 heterocycles. The maximum atomic E-state index is 12.7. The standard InChI is InChI=1S/C23H37N3O4/c1-23(2,3)30-22(28)25(5)15-19-10-8-12-26(16-19)17-21(27)24(4)14-18-9-7-11-20(13-18)29-6/h7,9,11,13,19H,8,10,12,14-17H2,1-6H3. The zero-order valence-corrected chi connectivity index (χ0v) is 19.3. The van der Waals surface area contributed by atoms with Gasteiger partial charge in [0.2, 0.25) is 5.91 Å². The van der Waals surface area contributed by atoms with Crippen molar-refractivity contribution in [2.24, 2.45) is 5.92 Å². The minimum atomic E-state index is -0.496. The van der Waals surface area contributed by atoms with Crippen LogP contribution >= 0.6 is 0 Å². The van der Waals surface area contributed by atoms with E-state index in [9.17, 15) is 9.59 Å². The van der Waals surface area contributed by atoms with Crippen molar-refractivity contribution in [3.05, 3.63) is 29.8 Å². The Hall–Kier alpha value is -2.28. The summed E-state index contributed by atoms with van der Waals surface area (Å²) in [5, 5.41) is 0. The van der Waals surface area contributed by atoms with Gasteiger partial charge in [0.15, 0.2) is 0 Å². The molecule has 2 rings (SSSR count). The van der Waals surface area contributed by atoms with Crippen LogP contribution in [0.15, 0.2) is 24.3 Å². The summed E-state index contributed by atoms with van der Waals surface area (Å²) in [6.07, 6.45) is 1.78. The third-order valence-electron chi connectivity index (χ3n) is 5.18. The highest BCUT2D eigenvalue weighted by Gasteiger charge is 2.26. The van der Waals surface area contributed by atoms with Crippen LogP contribution in [0, 0.1) is 5.92 Å². The van der Waals surface area contributed by atoms with Crippen LogP contribution in [0.4, 0.5) is 4.79 Å². The zero-order valence-electron chi connectivity index (χ0n) is 19.3. The molecule has 0 radical (unpaired) electrons. The van der Waals surface area contributed by atoms with Crippen molar-refractivity contribution in [2.75, 3.05) is 47.4 Å². The lowest BCUT2D eigenvalue weighted by atomic mass is 9.97. The monoisotopic (exact) mass is 419 g/mol. The highest BCUT2D eigenvalue weighted by Crippen LogP contribution is 2.19. The van der Waals surface area contributed by atoms with Crippen LogP contribution in [0.25, 0.3) is 0 Å². The fraction of sp³-hybridized carbons (Fsp3) is 0.652. The molecule has 1 saturated heterocycles. The fourth-order valence-corrected chi connectivity index (χ4v) is 3.69. The summed E-state index contributed by atoms with van der Waals surface area (Å²) in [6, 6.07) is 7.78. The molecule has 7 heteroatoms. The molecular weight excluding hydrogens is 382 g/mol. The second kappa shape index (κ2) is 10.7. The number of benzene rings is 1. The number of rotatable bonds is 7. The van der Waals surface area contributed by atoms with Gasteiger partial charge in [0.25, 0.3) is 0 Å². The first-order valence-corrected chi connectivity index (χ1v) is 10.6. The van der Waals surface area contributed by atoms with Crippen LogP contribution < -0.4 is 4.74 Å². The van der Waals surface area contributed by atoms with Crippen molar-refractivity contribution in [2.45, 2.75) is 45.8 Å². The molecular formula is C23H37N3O4. The molecule has 0 spiro atoms. The van der Waals surface area contributed by atoms with Gasteiger partial charge in [-0.3, -0.25) is 9.69 Å². The van der Waals surface area contributed by atoms with Gasteiger partial charge in [0.05, 0.1) is 13.7 Å². The molecule has 1 unspecified atom stereocenters. The van der Waals surface area contributed by atoms with Crippen LogP contribution in [0.1, 0.15) is 39.2 Å². The van der Waals surface area contributed by atoms with Gasteiger partial charge in [-0.25, -0.2) is 4.79 Å². The lowest BCUT2D eigenvalue weighted by molar-refractivity contribution is -0.132. The number of likely N-dealkylation sites (N-methyl/N-ethyl adjacent to an activating group) is 1. The predicted octanol–water partition coefficient (Wildman–Crippen LogP) is 3.23. The Morgan fingerprint density at radius 1 is 1.20 bits per heavy atom. The third-order valence-corrected chi connectivity index (χ3v) is 5.18. The molecule has 2 amide bonds. The van der Waals surface area contributed by atoms with E-state index < -0.39 is 5.60 Å². The van der Waals surface area contributed by atoms with E-state index in [0.717, 1.165) is 37.2 Å². The highest BCUT2D eigenvalue weighted by molar-refractivity contribution is 5.78. The summed E-state index contributed by atoms with van der Waals surface area (Å²) in [4.78, 5) is 30.6. The summed E-state index contributed by atoms with van der Waals surface area (Å²) >= 11 is 0. The van der Waals surface area contributed by atoms with Crippen molar-refractivity contribution in [3.63, 3.8) is 0 Å². The Bertz CT molecular complexity index is 717. The molecule has 7 nitrogen and oxygen atoms in total. The second-order valence-corrected chi connectivity index (χ2v) is 9.21. The van der Waals surface area contributed by atoms with Crippen LogP contribution in [0.5, 0.6) is 5.75 Å². The Balaban J connectivity index is 1.83.